The van der Waals surface area contributed by atoms with Crippen molar-refractivity contribution >= 4 is 20.7 Å². The summed E-state index contributed by atoms with van der Waals surface area (Å²) in [7, 11) is 0. The Hall–Kier alpha value is -0.770. The van der Waals surface area contributed by atoms with Crippen LogP contribution in [-0.4, -0.2) is 4.82 Å². The van der Waals surface area contributed by atoms with Gasteiger partial charge in [-0.1, -0.05) is 0 Å². The van der Waals surface area contributed by atoms with Crippen LogP contribution in [0.15, 0.2) is 22.8 Å². The van der Waals surface area contributed by atoms with E-state index in [-0.39, 0.29) is 4.82 Å². The summed E-state index contributed by atoms with van der Waals surface area (Å²) in [5.74, 6) is 0.743. The fourth-order valence-corrected chi connectivity index (χ4v) is 0.710. The number of nitrogens with one attached hydrogen (secondary N) is 1. The van der Waals surface area contributed by atoms with E-state index in [2.05, 4.69) is 21.2 Å². The van der Waals surface area contributed by atoms with Crippen molar-refractivity contribution in [3.8, 4) is 0 Å². The maximum absolute atomic E-state index is 10.3. The van der Waals surface area contributed by atoms with E-state index in [0.717, 1.165) is 5.76 Å². The second-order valence-corrected chi connectivity index (χ2v) is 2.43. The van der Waals surface area contributed by atoms with Gasteiger partial charge < -0.3 is 9.73 Å². The summed E-state index contributed by atoms with van der Waals surface area (Å²) >= 11 is 2.73. The molecule has 0 aromatic carbocycles. The lowest BCUT2D eigenvalue weighted by Crippen LogP contribution is -2.14. The van der Waals surface area contributed by atoms with E-state index < -0.39 is 0 Å². The minimum Gasteiger partial charge on any atom is -0.467 e. The molecule has 0 aliphatic carbocycles. The van der Waals surface area contributed by atoms with Crippen LogP contribution in [0.5, 0.6) is 0 Å². The zero-order valence-electron chi connectivity index (χ0n) is 5.13. The van der Waals surface area contributed by atoms with E-state index in [9.17, 15) is 4.79 Å². The molecule has 1 aromatic heterocycles. The van der Waals surface area contributed by atoms with Crippen LogP contribution in [0, 0.1) is 0 Å². The number of carbonyl (C=O) groups is 1. The summed E-state index contributed by atoms with van der Waals surface area (Å²) in [6.07, 6.45) is 1.57. The quantitative estimate of drug-likeness (QED) is 0.590. The Balaban J connectivity index is 2.35. The molecule has 0 spiro atoms. The molecule has 0 unspecified atom stereocenters. The van der Waals surface area contributed by atoms with Crippen molar-refractivity contribution in [2.45, 2.75) is 6.54 Å². The molecule has 1 heterocycles. The first kappa shape index (κ1) is 7.34. The number of furan rings is 1. The van der Waals surface area contributed by atoms with E-state index in [1.54, 1.807) is 18.4 Å². The van der Waals surface area contributed by atoms with Crippen LogP contribution in [0.3, 0.4) is 0 Å². The van der Waals surface area contributed by atoms with Crippen LogP contribution < -0.4 is 5.32 Å². The van der Waals surface area contributed by atoms with E-state index in [4.69, 9.17) is 4.42 Å². The zero-order chi connectivity index (χ0) is 7.40. The standard InChI is InChI=1S/C6H6BrNO2/c7-6(9)8-4-5-2-1-3-10-5/h1-3H,4H2,(H,8,9). The fraction of sp³-hybridized carbons (Fsp3) is 0.167. The van der Waals surface area contributed by atoms with Crippen molar-refractivity contribution in [2.75, 3.05) is 0 Å². The van der Waals surface area contributed by atoms with Crippen molar-refractivity contribution in [1.82, 2.24) is 5.32 Å². The third-order valence-corrected chi connectivity index (χ3v) is 1.26. The Morgan fingerprint density at radius 3 is 3.10 bits per heavy atom. The predicted molar refractivity (Wildman–Crippen MR) is 39.9 cm³/mol. The zero-order valence-corrected chi connectivity index (χ0v) is 6.72. The lowest BCUT2D eigenvalue weighted by atomic mass is 10.4. The Labute approximate surface area is 66.5 Å². The molecular formula is C6H6BrNO2. The lowest BCUT2D eigenvalue weighted by Gasteiger charge is -1.94. The van der Waals surface area contributed by atoms with Gasteiger partial charge in [0.05, 0.1) is 12.8 Å². The molecule has 10 heavy (non-hydrogen) atoms. The van der Waals surface area contributed by atoms with Gasteiger partial charge in [-0.2, -0.15) is 0 Å². The average Bonchev–Trinajstić information content (AvgIpc) is 2.34. The van der Waals surface area contributed by atoms with E-state index in [1.165, 1.54) is 0 Å². The van der Waals surface area contributed by atoms with Gasteiger partial charge in [-0.15, -0.1) is 0 Å². The number of carbonyl (C=O) groups excluding carboxylic acids is 1. The van der Waals surface area contributed by atoms with Crippen LogP contribution >= 0.6 is 15.9 Å². The summed E-state index contributed by atoms with van der Waals surface area (Å²) in [5, 5.41) is 2.53. The molecule has 0 aliphatic heterocycles. The summed E-state index contributed by atoms with van der Waals surface area (Å²) < 4.78 is 4.95. The molecule has 0 bridgehead atoms. The molecule has 0 saturated carbocycles. The van der Waals surface area contributed by atoms with Crippen molar-refractivity contribution in [2.24, 2.45) is 0 Å². The molecule has 1 aromatic rings. The molecule has 0 aliphatic rings. The van der Waals surface area contributed by atoms with Gasteiger partial charge in [0.15, 0.2) is 0 Å². The summed E-state index contributed by atoms with van der Waals surface area (Å²) in [6, 6.07) is 3.57. The van der Waals surface area contributed by atoms with Gasteiger partial charge in [0.1, 0.15) is 5.76 Å². The van der Waals surface area contributed by atoms with E-state index in [1.807, 2.05) is 0 Å². The molecule has 0 saturated heterocycles. The Bertz CT molecular complexity index is 208. The molecule has 54 valence electrons. The lowest BCUT2D eigenvalue weighted by molar-refractivity contribution is 0.260. The largest absolute Gasteiger partial charge is 0.467 e. The van der Waals surface area contributed by atoms with Gasteiger partial charge in [0, 0.05) is 15.9 Å². The summed E-state index contributed by atoms with van der Waals surface area (Å²) in [6.45, 7) is 0.428. The SMILES string of the molecule is O=C(Br)NCc1ccco1. The van der Waals surface area contributed by atoms with Crippen LogP contribution in [0.1, 0.15) is 5.76 Å². The Kier molecular flexibility index (Phi) is 2.50. The molecule has 3 nitrogen and oxygen atoms in total. The smallest absolute Gasteiger partial charge is 0.287 e. The molecule has 0 radical (unpaired) electrons. The highest BCUT2D eigenvalue weighted by atomic mass is 79.9. The van der Waals surface area contributed by atoms with Crippen LogP contribution in [-0.2, 0) is 6.54 Å². The highest BCUT2D eigenvalue weighted by Crippen LogP contribution is 1.98. The first-order valence-electron chi connectivity index (χ1n) is 2.75. The van der Waals surface area contributed by atoms with Gasteiger partial charge in [-0.25, -0.2) is 0 Å². The highest BCUT2D eigenvalue weighted by molar-refractivity contribution is 9.18. The summed E-state index contributed by atoms with van der Waals surface area (Å²) in [4.78, 5) is 10.1. The molecule has 0 atom stereocenters. The van der Waals surface area contributed by atoms with E-state index >= 15 is 0 Å². The third-order valence-electron chi connectivity index (χ3n) is 0.982. The van der Waals surface area contributed by atoms with Gasteiger partial charge in [0.25, 0.3) is 4.82 Å². The molecule has 1 amide bonds. The van der Waals surface area contributed by atoms with Crippen LogP contribution in [0.2, 0.25) is 0 Å². The average molecular weight is 204 g/mol. The minimum absolute atomic E-state index is 0.232. The van der Waals surface area contributed by atoms with Gasteiger partial charge in [-0.3, -0.25) is 4.79 Å². The third kappa shape index (κ3) is 2.23. The Morgan fingerprint density at radius 2 is 2.60 bits per heavy atom. The molecule has 4 heteroatoms. The second kappa shape index (κ2) is 3.41. The van der Waals surface area contributed by atoms with Crippen molar-refractivity contribution < 1.29 is 9.21 Å². The molecule has 0 fully saturated rings. The first-order valence-corrected chi connectivity index (χ1v) is 3.54. The number of halogens is 1. The van der Waals surface area contributed by atoms with Gasteiger partial charge in [-0.05, 0) is 12.1 Å². The van der Waals surface area contributed by atoms with Crippen LogP contribution in [0.4, 0.5) is 4.79 Å². The van der Waals surface area contributed by atoms with E-state index in [0.29, 0.717) is 6.54 Å². The Morgan fingerprint density at radius 1 is 1.80 bits per heavy atom. The number of amides is 1. The molecular weight excluding hydrogens is 198 g/mol. The van der Waals surface area contributed by atoms with Crippen molar-refractivity contribution in [3.63, 3.8) is 0 Å². The van der Waals surface area contributed by atoms with Gasteiger partial charge in [0.2, 0.25) is 0 Å². The maximum Gasteiger partial charge on any atom is 0.287 e. The minimum atomic E-state index is -0.232. The normalized spacial score (nSPS) is 9.30. The van der Waals surface area contributed by atoms with Crippen LogP contribution in [0.25, 0.3) is 0 Å². The topological polar surface area (TPSA) is 42.2 Å². The molecule has 1 N–H and O–H groups in total. The predicted octanol–water partition coefficient (Wildman–Crippen LogP) is 1.88. The first-order chi connectivity index (χ1) is 4.79. The van der Waals surface area contributed by atoms with Crippen molar-refractivity contribution in [3.05, 3.63) is 24.2 Å². The fourth-order valence-electron chi connectivity index (χ4n) is 0.570. The van der Waals surface area contributed by atoms with Gasteiger partial charge >= 0.3 is 0 Å². The number of rotatable bonds is 2. The van der Waals surface area contributed by atoms with Crippen molar-refractivity contribution in [1.29, 1.82) is 0 Å². The molecule has 1 rings (SSSR count). The summed E-state index contributed by atoms with van der Waals surface area (Å²) in [5.41, 5.74) is 0. The highest BCUT2D eigenvalue weighted by Gasteiger charge is 1.95. The monoisotopic (exact) mass is 203 g/mol. The second-order valence-electron chi connectivity index (χ2n) is 1.71. The number of hydrogen-bond acceptors (Lipinski definition) is 2. The number of hydrogen-bond donors (Lipinski definition) is 1. The maximum atomic E-state index is 10.3.